The Hall–Kier alpha value is -2.74. The third kappa shape index (κ3) is 7.67. The van der Waals surface area contributed by atoms with Crippen molar-refractivity contribution in [2.75, 3.05) is 18.8 Å². The molecule has 0 aromatic carbocycles. The molecule has 33 heavy (non-hydrogen) atoms. The first-order valence-corrected chi connectivity index (χ1v) is 11.7. The van der Waals surface area contributed by atoms with Crippen LogP contribution in [-0.4, -0.2) is 71.0 Å². The molecule has 1 unspecified atom stereocenters. The van der Waals surface area contributed by atoms with E-state index in [9.17, 15) is 26.4 Å². The maximum absolute atomic E-state index is 12.4. The first kappa shape index (κ1) is 26.5. The number of halogens is 3. The first-order chi connectivity index (χ1) is 15.4. The molecule has 2 aliphatic rings. The van der Waals surface area contributed by atoms with E-state index in [2.05, 4.69) is 15.5 Å². The third-order valence-corrected chi connectivity index (χ3v) is 6.90. The molecule has 1 atom stereocenters. The minimum atomic E-state index is -5.08. The zero-order valence-corrected chi connectivity index (χ0v) is 18.7. The lowest BCUT2D eigenvalue weighted by molar-refractivity contribution is -0.192. The van der Waals surface area contributed by atoms with Crippen molar-refractivity contribution in [1.29, 1.82) is 0 Å². The van der Waals surface area contributed by atoms with Crippen molar-refractivity contribution in [3.05, 3.63) is 30.1 Å². The molecule has 0 bridgehead atoms. The summed E-state index contributed by atoms with van der Waals surface area (Å²) in [6, 6.07) is 3.68. The molecule has 1 saturated heterocycles. The molecule has 2 aliphatic heterocycles. The Labute approximate surface area is 188 Å². The Balaban J connectivity index is 0.000000479. The van der Waals surface area contributed by atoms with E-state index in [1.54, 1.807) is 18.5 Å². The normalized spacial score (nSPS) is 20.9. The van der Waals surface area contributed by atoms with Crippen LogP contribution >= 0.6 is 0 Å². The highest BCUT2D eigenvalue weighted by Gasteiger charge is 2.46. The van der Waals surface area contributed by atoms with Gasteiger partial charge < -0.3 is 15.3 Å². The van der Waals surface area contributed by atoms with Gasteiger partial charge in [-0.05, 0) is 30.9 Å². The van der Waals surface area contributed by atoms with Gasteiger partial charge in [0.1, 0.15) is 5.71 Å². The Morgan fingerprint density at radius 1 is 1.36 bits per heavy atom. The van der Waals surface area contributed by atoms with Crippen LogP contribution in [0.15, 0.2) is 29.7 Å². The molecule has 0 aliphatic carbocycles. The van der Waals surface area contributed by atoms with Gasteiger partial charge in [-0.15, -0.1) is 0 Å². The number of hydrogen-bond acceptors (Lipinski definition) is 7. The summed E-state index contributed by atoms with van der Waals surface area (Å²) in [5.41, 5.74) is 0.480. The van der Waals surface area contributed by atoms with Crippen molar-refractivity contribution in [2.45, 2.75) is 50.9 Å². The van der Waals surface area contributed by atoms with Crippen LogP contribution in [-0.2, 0) is 31.0 Å². The number of nitrogens with one attached hydrogen (secondary N) is 1. The predicted octanol–water partition coefficient (Wildman–Crippen LogP) is 1.68. The molecule has 1 aromatic rings. The molecule has 3 heterocycles. The molecular weight excluding hydrogens is 469 g/mol. The highest BCUT2D eigenvalue weighted by molar-refractivity contribution is 7.89. The fraction of sp³-hybridized carbons (Fsp3) is 0.579. The zero-order valence-electron chi connectivity index (χ0n) is 17.8. The fourth-order valence-electron chi connectivity index (χ4n) is 3.33. The second-order valence-electron chi connectivity index (χ2n) is 7.59. The van der Waals surface area contributed by atoms with Crippen molar-refractivity contribution in [3.63, 3.8) is 0 Å². The lowest BCUT2D eigenvalue weighted by atomic mass is 9.89. The van der Waals surface area contributed by atoms with E-state index < -0.39 is 27.8 Å². The third-order valence-electron chi connectivity index (χ3n) is 4.88. The standard InChI is InChI=1S/C17H24N4O4S.C2HF3O2/c1-2-9-26(23,24)21-8-4-6-17(13-21)10-15(20-25-17)16(22)19-12-14-5-3-7-18-11-14;3-2(4,5)1(6)7/h3,5,7,11H,2,4,6,8-10,12-13H2,1H3,(H,19,22);(H,6,7). The summed E-state index contributed by atoms with van der Waals surface area (Å²) in [6.07, 6.45) is 0.560. The lowest BCUT2D eigenvalue weighted by Gasteiger charge is -2.37. The number of aliphatic carboxylic acids is 1. The number of carboxylic acids is 1. The molecule has 10 nitrogen and oxygen atoms in total. The number of carbonyl (C=O) groups is 2. The predicted molar refractivity (Wildman–Crippen MR) is 111 cm³/mol. The van der Waals surface area contributed by atoms with Gasteiger partial charge in [0.05, 0.1) is 12.3 Å². The van der Waals surface area contributed by atoms with Gasteiger partial charge in [-0.2, -0.15) is 17.5 Å². The van der Waals surface area contributed by atoms with Crippen LogP contribution < -0.4 is 5.32 Å². The van der Waals surface area contributed by atoms with Gasteiger partial charge in [-0.3, -0.25) is 9.78 Å². The van der Waals surface area contributed by atoms with Crippen LogP contribution in [0, 0.1) is 0 Å². The van der Waals surface area contributed by atoms with Gasteiger partial charge in [0.15, 0.2) is 5.60 Å². The highest BCUT2D eigenvalue weighted by atomic mass is 32.2. The van der Waals surface area contributed by atoms with Crippen LogP contribution in [0.25, 0.3) is 0 Å². The number of sulfonamides is 1. The van der Waals surface area contributed by atoms with E-state index in [0.717, 1.165) is 5.56 Å². The average molecular weight is 494 g/mol. The number of oxime groups is 1. The quantitative estimate of drug-likeness (QED) is 0.614. The number of piperidine rings is 1. The molecule has 0 radical (unpaired) electrons. The minimum absolute atomic E-state index is 0.127. The molecule has 184 valence electrons. The van der Waals surface area contributed by atoms with Crippen molar-refractivity contribution >= 4 is 27.6 Å². The van der Waals surface area contributed by atoms with Crippen LogP contribution in [0.2, 0.25) is 0 Å². The van der Waals surface area contributed by atoms with Gasteiger partial charge >= 0.3 is 12.1 Å². The molecule has 2 N–H and O–H groups in total. The van der Waals surface area contributed by atoms with E-state index in [1.807, 2.05) is 13.0 Å². The molecular formula is C19H25F3N4O6S. The molecule has 1 amide bonds. The Morgan fingerprint density at radius 3 is 2.64 bits per heavy atom. The number of hydrogen-bond donors (Lipinski definition) is 2. The van der Waals surface area contributed by atoms with Gasteiger partial charge in [-0.1, -0.05) is 18.1 Å². The van der Waals surface area contributed by atoms with Gasteiger partial charge in [-0.25, -0.2) is 13.2 Å². The summed E-state index contributed by atoms with van der Waals surface area (Å²) in [7, 11) is -3.29. The minimum Gasteiger partial charge on any atom is -0.475 e. The summed E-state index contributed by atoms with van der Waals surface area (Å²) in [4.78, 5) is 30.8. The van der Waals surface area contributed by atoms with Crippen LogP contribution in [0.4, 0.5) is 13.2 Å². The number of nitrogens with zero attached hydrogens (tertiary/aromatic N) is 3. The van der Waals surface area contributed by atoms with Crippen molar-refractivity contribution in [1.82, 2.24) is 14.6 Å². The summed E-state index contributed by atoms with van der Waals surface area (Å²) >= 11 is 0. The molecule has 1 fully saturated rings. The molecule has 1 spiro atoms. The largest absolute Gasteiger partial charge is 0.490 e. The van der Waals surface area contributed by atoms with E-state index in [0.29, 0.717) is 44.5 Å². The van der Waals surface area contributed by atoms with Crippen molar-refractivity contribution in [2.24, 2.45) is 5.16 Å². The lowest BCUT2D eigenvalue weighted by Crippen LogP contribution is -2.51. The van der Waals surface area contributed by atoms with Gasteiger partial charge in [0, 0.05) is 31.9 Å². The second kappa shape index (κ2) is 10.9. The maximum atomic E-state index is 12.4. The number of aromatic nitrogens is 1. The molecule has 1 aromatic heterocycles. The number of amides is 1. The fourth-order valence-corrected chi connectivity index (χ4v) is 4.94. The number of carboxylic acid groups (broad SMARTS) is 1. The average Bonchev–Trinajstić information content (AvgIpc) is 3.15. The SMILES string of the molecule is CCCS(=O)(=O)N1CCCC2(CC(C(=O)NCc3cccnc3)=NO2)C1.O=C(O)C(F)(F)F. The van der Waals surface area contributed by atoms with E-state index in [1.165, 1.54) is 4.31 Å². The van der Waals surface area contributed by atoms with Crippen molar-refractivity contribution in [3.8, 4) is 0 Å². The Bertz CT molecular complexity index is 971. The number of rotatable bonds is 6. The Morgan fingerprint density at radius 2 is 2.06 bits per heavy atom. The number of pyridine rings is 1. The second-order valence-corrected chi connectivity index (χ2v) is 9.68. The van der Waals surface area contributed by atoms with Crippen LogP contribution in [0.3, 0.4) is 0 Å². The molecule has 0 saturated carbocycles. The number of carbonyl (C=O) groups excluding carboxylic acids is 1. The monoisotopic (exact) mass is 494 g/mol. The van der Waals surface area contributed by atoms with Crippen molar-refractivity contribution < 1.29 is 41.1 Å². The molecule has 14 heteroatoms. The highest BCUT2D eigenvalue weighted by Crippen LogP contribution is 2.34. The first-order valence-electron chi connectivity index (χ1n) is 10.1. The topological polar surface area (TPSA) is 138 Å². The summed E-state index contributed by atoms with van der Waals surface area (Å²) < 4.78 is 57.9. The van der Waals surface area contributed by atoms with Crippen LogP contribution in [0.1, 0.15) is 38.2 Å². The van der Waals surface area contributed by atoms with Gasteiger partial charge in [0.25, 0.3) is 5.91 Å². The Kier molecular flexibility index (Phi) is 8.77. The van der Waals surface area contributed by atoms with E-state index in [-0.39, 0.29) is 18.2 Å². The van der Waals surface area contributed by atoms with Crippen LogP contribution in [0.5, 0.6) is 0 Å². The van der Waals surface area contributed by atoms with E-state index >= 15 is 0 Å². The zero-order chi connectivity index (χ0) is 24.7. The molecule has 3 rings (SSSR count). The van der Waals surface area contributed by atoms with Gasteiger partial charge in [0.2, 0.25) is 10.0 Å². The smallest absolute Gasteiger partial charge is 0.475 e. The summed E-state index contributed by atoms with van der Waals surface area (Å²) in [5, 5.41) is 13.9. The number of alkyl halides is 3. The maximum Gasteiger partial charge on any atom is 0.490 e. The summed E-state index contributed by atoms with van der Waals surface area (Å²) in [5.74, 6) is -2.92. The summed E-state index contributed by atoms with van der Waals surface area (Å²) in [6.45, 7) is 2.95. The van der Waals surface area contributed by atoms with E-state index in [4.69, 9.17) is 14.7 Å².